The molecule has 0 radical (unpaired) electrons. The summed E-state index contributed by atoms with van der Waals surface area (Å²) in [5, 5.41) is 9.38. The van der Waals surface area contributed by atoms with Gasteiger partial charge in [-0.1, -0.05) is 24.3 Å². The summed E-state index contributed by atoms with van der Waals surface area (Å²) in [5.74, 6) is 0.707. The van der Waals surface area contributed by atoms with Gasteiger partial charge in [0.2, 0.25) is 0 Å². The van der Waals surface area contributed by atoms with Gasteiger partial charge in [0.15, 0.2) is 5.96 Å². The number of benzene rings is 1. The van der Waals surface area contributed by atoms with Crippen LogP contribution in [0.15, 0.2) is 59.7 Å². The molecule has 2 rings (SSSR count). The predicted octanol–water partition coefficient (Wildman–Crippen LogP) is 2.57. The van der Waals surface area contributed by atoms with Crippen LogP contribution in [-0.4, -0.2) is 36.5 Å². The third-order valence-corrected chi connectivity index (χ3v) is 3.44. The Morgan fingerprint density at radius 2 is 1.73 bits per heavy atom. The van der Waals surface area contributed by atoms with Gasteiger partial charge in [-0.25, -0.2) is 4.99 Å². The maximum atomic E-state index is 11.9. The minimum absolute atomic E-state index is 0. The molecule has 0 saturated carbocycles. The van der Waals surface area contributed by atoms with E-state index in [-0.39, 0.29) is 29.9 Å². The number of nitrogens with zero attached hydrogens (tertiary/aromatic N) is 2. The average molecular weight is 467 g/mol. The highest BCUT2D eigenvalue weighted by molar-refractivity contribution is 14.0. The molecule has 1 aromatic heterocycles. The summed E-state index contributed by atoms with van der Waals surface area (Å²) in [6.07, 6.45) is 2.58. The second-order valence-electron chi connectivity index (χ2n) is 5.42. The zero-order valence-corrected chi connectivity index (χ0v) is 17.3. The van der Waals surface area contributed by atoms with Gasteiger partial charge < -0.3 is 16.0 Å². The van der Waals surface area contributed by atoms with Crippen molar-refractivity contribution in [2.45, 2.75) is 19.9 Å². The molecule has 0 unspecified atom stereocenters. The number of carbonyl (C=O) groups is 1. The molecule has 1 heterocycles. The molecule has 0 atom stereocenters. The molecule has 0 spiro atoms. The molecule has 6 nitrogen and oxygen atoms in total. The number of nitrogens with one attached hydrogen (secondary N) is 3. The number of pyridine rings is 1. The highest BCUT2D eigenvalue weighted by Gasteiger charge is 2.03. The highest BCUT2D eigenvalue weighted by Crippen LogP contribution is 1.97. The van der Waals surface area contributed by atoms with Crippen LogP contribution >= 0.6 is 24.0 Å². The van der Waals surface area contributed by atoms with Crippen LogP contribution in [0, 0.1) is 0 Å². The SMILES string of the molecule is CCNC(=NCc1ccccn1)NCCCNC(=O)c1ccccc1.I. The van der Waals surface area contributed by atoms with Crippen LogP contribution in [0.2, 0.25) is 0 Å². The number of halogens is 1. The molecule has 0 fully saturated rings. The van der Waals surface area contributed by atoms with Crippen LogP contribution in [0.3, 0.4) is 0 Å². The number of amides is 1. The maximum Gasteiger partial charge on any atom is 0.251 e. The molecule has 1 aromatic carbocycles. The Balaban J connectivity index is 0.00000338. The van der Waals surface area contributed by atoms with Crippen LogP contribution in [0.25, 0.3) is 0 Å². The summed E-state index contributed by atoms with van der Waals surface area (Å²) in [5.41, 5.74) is 1.61. The van der Waals surface area contributed by atoms with Crippen molar-refractivity contribution in [2.24, 2.45) is 4.99 Å². The van der Waals surface area contributed by atoms with Crippen molar-refractivity contribution in [1.82, 2.24) is 20.9 Å². The van der Waals surface area contributed by atoms with Gasteiger partial charge in [-0.05, 0) is 37.6 Å². The van der Waals surface area contributed by atoms with E-state index in [0.29, 0.717) is 18.7 Å². The third kappa shape index (κ3) is 8.28. The standard InChI is InChI=1S/C19H25N5O.HI/c1-2-20-19(24-15-17-11-6-7-12-21-17)23-14-8-13-22-18(25)16-9-4-3-5-10-16;/h3-7,9-12H,2,8,13-15H2,1H3,(H,22,25)(H2,20,23,24);1H. The Labute approximate surface area is 171 Å². The van der Waals surface area contributed by atoms with Gasteiger partial charge in [0, 0.05) is 31.4 Å². The molecule has 2 aromatic rings. The first-order chi connectivity index (χ1) is 12.3. The Morgan fingerprint density at radius 1 is 1.00 bits per heavy atom. The lowest BCUT2D eigenvalue weighted by atomic mass is 10.2. The summed E-state index contributed by atoms with van der Waals surface area (Å²) in [7, 11) is 0. The van der Waals surface area contributed by atoms with Crippen molar-refractivity contribution in [3.05, 3.63) is 66.0 Å². The minimum Gasteiger partial charge on any atom is -0.357 e. The van der Waals surface area contributed by atoms with E-state index in [1.807, 2.05) is 43.3 Å². The number of rotatable bonds is 8. The predicted molar refractivity (Wildman–Crippen MR) is 116 cm³/mol. The van der Waals surface area contributed by atoms with Crippen molar-refractivity contribution >= 4 is 35.8 Å². The zero-order valence-electron chi connectivity index (χ0n) is 14.9. The largest absolute Gasteiger partial charge is 0.357 e. The second kappa shape index (κ2) is 13.1. The minimum atomic E-state index is -0.0451. The van der Waals surface area contributed by atoms with Gasteiger partial charge >= 0.3 is 0 Å². The fourth-order valence-electron chi connectivity index (χ4n) is 2.18. The van der Waals surface area contributed by atoms with E-state index < -0.39 is 0 Å². The van der Waals surface area contributed by atoms with E-state index >= 15 is 0 Å². The topological polar surface area (TPSA) is 78.4 Å². The normalized spacial score (nSPS) is 10.6. The zero-order chi connectivity index (χ0) is 17.7. The Kier molecular flexibility index (Phi) is 11.0. The van der Waals surface area contributed by atoms with Gasteiger partial charge in [-0.3, -0.25) is 9.78 Å². The number of carbonyl (C=O) groups excluding carboxylic acids is 1. The number of hydrogen-bond donors (Lipinski definition) is 3. The summed E-state index contributed by atoms with van der Waals surface area (Å²) < 4.78 is 0. The van der Waals surface area contributed by atoms with Crippen LogP contribution < -0.4 is 16.0 Å². The second-order valence-corrected chi connectivity index (χ2v) is 5.42. The third-order valence-electron chi connectivity index (χ3n) is 3.44. The van der Waals surface area contributed by atoms with Crippen molar-refractivity contribution < 1.29 is 4.79 Å². The quantitative estimate of drug-likeness (QED) is 0.242. The number of hydrogen-bond acceptors (Lipinski definition) is 3. The van der Waals surface area contributed by atoms with Crippen LogP contribution in [0.5, 0.6) is 0 Å². The lowest BCUT2D eigenvalue weighted by Crippen LogP contribution is -2.38. The van der Waals surface area contributed by atoms with E-state index in [0.717, 1.165) is 31.2 Å². The first-order valence-corrected chi connectivity index (χ1v) is 8.55. The van der Waals surface area contributed by atoms with E-state index in [2.05, 4.69) is 25.9 Å². The molecule has 7 heteroatoms. The van der Waals surface area contributed by atoms with E-state index in [9.17, 15) is 4.79 Å². The Hall–Kier alpha value is -2.16. The van der Waals surface area contributed by atoms with E-state index in [1.165, 1.54) is 0 Å². The summed E-state index contributed by atoms with van der Waals surface area (Å²) in [6, 6.07) is 15.0. The molecular weight excluding hydrogens is 441 g/mol. The lowest BCUT2D eigenvalue weighted by Gasteiger charge is -2.11. The number of aromatic nitrogens is 1. The van der Waals surface area contributed by atoms with Crippen molar-refractivity contribution in [2.75, 3.05) is 19.6 Å². The van der Waals surface area contributed by atoms with Gasteiger partial charge in [0.25, 0.3) is 5.91 Å². The van der Waals surface area contributed by atoms with Crippen LogP contribution in [-0.2, 0) is 6.54 Å². The van der Waals surface area contributed by atoms with Crippen molar-refractivity contribution in [3.63, 3.8) is 0 Å². The van der Waals surface area contributed by atoms with Gasteiger partial charge in [-0.2, -0.15) is 0 Å². The fraction of sp³-hybridized carbons (Fsp3) is 0.316. The van der Waals surface area contributed by atoms with Crippen LogP contribution in [0.1, 0.15) is 29.4 Å². The molecule has 140 valence electrons. The molecule has 3 N–H and O–H groups in total. The highest BCUT2D eigenvalue weighted by atomic mass is 127. The molecule has 0 saturated heterocycles. The Bertz CT molecular complexity index is 664. The first kappa shape index (κ1) is 21.9. The van der Waals surface area contributed by atoms with Crippen LogP contribution in [0.4, 0.5) is 0 Å². The summed E-state index contributed by atoms with van der Waals surface area (Å²) >= 11 is 0. The molecule has 1 amide bonds. The van der Waals surface area contributed by atoms with E-state index in [4.69, 9.17) is 0 Å². The van der Waals surface area contributed by atoms with Crippen molar-refractivity contribution in [3.8, 4) is 0 Å². The van der Waals surface area contributed by atoms with Gasteiger partial charge in [0.05, 0.1) is 12.2 Å². The number of guanidine groups is 1. The monoisotopic (exact) mass is 467 g/mol. The van der Waals surface area contributed by atoms with E-state index in [1.54, 1.807) is 18.3 Å². The molecule has 26 heavy (non-hydrogen) atoms. The first-order valence-electron chi connectivity index (χ1n) is 8.55. The molecule has 0 aliphatic rings. The fourth-order valence-corrected chi connectivity index (χ4v) is 2.18. The Morgan fingerprint density at radius 3 is 2.42 bits per heavy atom. The molecular formula is C19H26IN5O. The van der Waals surface area contributed by atoms with Gasteiger partial charge in [0.1, 0.15) is 0 Å². The molecule has 0 bridgehead atoms. The average Bonchev–Trinajstić information content (AvgIpc) is 2.67. The number of aliphatic imine (C=N–C) groups is 1. The van der Waals surface area contributed by atoms with Gasteiger partial charge in [-0.15, -0.1) is 24.0 Å². The maximum absolute atomic E-state index is 11.9. The lowest BCUT2D eigenvalue weighted by molar-refractivity contribution is 0.0953. The van der Waals surface area contributed by atoms with Crippen molar-refractivity contribution in [1.29, 1.82) is 0 Å². The molecule has 0 aliphatic carbocycles. The summed E-state index contributed by atoms with van der Waals surface area (Å²) in [6.45, 7) is 4.68. The molecule has 0 aliphatic heterocycles. The smallest absolute Gasteiger partial charge is 0.251 e. The summed E-state index contributed by atoms with van der Waals surface area (Å²) in [4.78, 5) is 20.7.